The van der Waals surface area contributed by atoms with Gasteiger partial charge in [0.25, 0.3) is 0 Å². The van der Waals surface area contributed by atoms with Crippen LogP contribution in [0, 0.1) is 0 Å². The van der Waals surface area contributed by atoms with Crippen LogP contribution in [0.4, 0.5) is 0 Å². The Morgan fingerprint density at radius 3 is 1.36 bits per heavy atom. The third-order valence-corrected chi connectivity index (χ3v) is 0.971. The summed E-state index contributed by atoms with van der Waals surface area (Å²) in [6.07, 6.45) is 0.782. The SMILES string of the molecule is CCOC(C)C.COC(C)C. The molecule has 0 rings (SSSR count). The Hall–Kier alpha value is -0.0800. The summed E-state index contributed by atoms with van der Waals surface area (Å²) >= 11 is 0. The van der Waals surface area contributed by atoms with Crippen LogP contribution in [-0.2, 0) is 9.47 Å². The summed E-state index contributed by atoms with van der Waals surface area (Å²) in [6, 6.07) is 0. The average molecular weight is 162 g/mol. The van der Waals surface area contributed by atoms with Crippen LogP contribution in [0.2, 0.25) is 0 Å². The van der Waals surface area contributed by atoms with Gasteiger partial charge in [-0.25, -0.2) is 0 Å². The molecule has 0 unspecified atom stereocenters. The van der Waals surface area contributed by atoms with Gasteiger partial charge in [0.1, 0.15) is 0 Å². The van der Waals surface area contributed by atoms with Crippen molar-refractivity contribution >= 4 is 0 Å². The third-order valence-electron chi connectivity index (χ3n) is 0.971. The van der Waals surface area contributed by atoms with Crippen molar-refractivity contribution in [3.05, 3.63) is 0 Å². The van der Waals surface area contributed by atoms with E-state index in [1.54, 1.807) is 7.11 Å². The van der Waals surface area contributed by atoms with E-state index in [-0.39, 0.29) is 0 Å². The highest BCUT2D eigenvalue weighted by molar-refractivity contribution is 4.30. The van der Waals surface area contributed by atoms with Gasteiger partial charge in [0.15, 0.2) is 0 Å². The molecule has 11 heavy (non-hydrogen) atoms. The molecular formula is C9H22O2. The molecular weight excluding hydrogens is 140 g/mol. The Morgan fingerprint density at radius 2 is 1.36 bits per heavy atom. The zero-order valence-electron chi connectivity index (χ0n) is 8.68. The Bertz CT molecular complexity index is 60.6. The smallest absolute Gasteiger partial charge is 0.0518 e. The summed E-state index contributed by atoms with van der Waals surface area (Å²) in [4.78, 5) is 0. The first-order valence-corrected chi connectivity index (χ1v) is 4.18. The van der Waals surface area contributed by atoms with Gasteiger partial charge >= 0.3 is 0 Å². The van der Waals surface area contributed by atoms with Crippen LogP contribution < -0.4 is 0 Å². The van der Waals surface area contributed by atoms with Crippen molar-refractivity contribution in [2.45, 2.75) is 46.8 Å². The molecule has 70 valence electrons. The fourth-order valence-electron chi connectivity index (χ4n) is 0.333. The molecule has 0 spiro atoms. The Labute approximate surface area is 70.9 Å². The first kappa shape index (κ1) is 13.5. The second-order valence-corrected chi connectivity index (χ2v) is 2.79. The van der Waals surface area contributed by atoms with Crippen molar-refractivity contribution in [3.63, 3.8) is 0 Å². The van der Waals surface area contributed by atoms with Crippen molar-refractivity contribution in [1.82, 2.24) is 0 Å². The Morgan fingerprint density at radius 1 is 1.00 bits per heavy atom. The predicted octanol–water partition coefficient (Wildman–Crippen LogP) is 2.47. The molecule has 0 bridgehead atoms. The van der Waals surface area contributed by atoms with E-state index in [1.807, 2.05) is 34.6 Å². The maximum atomic E-state index is 5.04. The van der Waals surface area contributed by atoms with E-state index >= 15 is 0 Å². The highest BCUT2D eigenvalue weighted by Gasteiger charge is 1.83. The Kier molecular flexibility index (Phi) is 12.2. The van der Waals surface area contributed by atoms with E-state index < -0.39 is 0 Å². The normalized spacial score (nSPS) is 9.82. The van der Waals surface area contributed by atoms with Crippen molar-refractivity contribution in [2.75, 3.05) is 13.7 Å². The van der Waals surface area contributed by atoms with Crippen LogP contribution in [0.3, 0.4) is 0 Å². The zero-order valence-corrected chi connectivity index (χ0v) is 8.68. The molecule has 2 heteroatoms. The lowest BCUT2D eigenvalue weighted by molar-refractivity contribution is 0.0899. The quantitative estimate of drug-likeness (QED) is 0.634. The summed E-state index contributed by atoms with van der Waals surface area (Å²) in [5.74, 6) is 0. The van der Waals surface area contributed by atoms with Crippen LogP contribution in [0.1, 0.15) is 34.6 Å². The van der Waals surface area contributed by atoms with Gasteiger partial charge in [-0.05, 0) is 34.6 Å². The molecule has 0 aromatic carbocycles. The molecule has 0 heterocycles. The second kappa shape index (κ2) is 9.92. The molecule has 0 fully saturated rings. The van der Waals surface area contributed by atoms with Crippen LogP contribution >= 0.6 is 0 Å². The summed E-state index contributed by atoms with van der Waals surface area (Å²) in [5, 5.41) is 0. The number of rotatable bonds is 3. The number of ether oxygens (including phenoxy) is 2. The molecule has 0 amide bonds. The van der Waals surface area contributed by atoms with E-state index in [1.165, 1.54) is 0 Å². The largest absolute Gasteiger partial charge is 0.382 e. The molecule has 0 N–H and O–H groups in total. The molecule has 0 aliphatic carbocycles. The summed E-state index contributed by atoms with van der Waals surface area (Å²) in [5.41, 5.74) is 0. The van der Waals surface area contributed by atoms with Gasteiger partial charge in [-0.15, -0.1) is 0 Å². The van der Waals surface area contributed by atoms with Gasteiger partial charge in [0, 0.05) is 13.7 Å². The lowest BCUT2D eigenvalue weighted by atomic mass is 10.5. The molecule has 0 aromatic heterocycles. The standard InChI is InChI=1S/C5H12O.C4H10O/c1-4-6-5(2)3;1-4(2)5-3/h5H,4H2,1-3H3;4H,1-3H3. The monoisotopic (exact) mass is 162 g/mol. The lowest BCUT2D eigenvalue weighted by Crippen LogP contribution is -1.99. The minimum atomic E-state index is 0.384. The third kappa shape index (κ3) is 25.7. The molecule has 0 aliphatic rings. The highest BCUT2D eigenvalue weighted by atomic mass is 16.5. The maximum Gasteiger partial charge on any atom is 0.0518 e. The minimum absolute atomic E-state index is 0.384. The fraction of sp³-hybridized carbons (Fsp3) is 1.00. The minimum Gasteiger partial charge on any atom is -0.382 e. The first-order chi connectivity index (χ1) is 5.04. The summed E-state index contributed by atoms with van der Waals surface area (Å²) in [7, 11) is 1.70. The number of methoxy groups -OCH3 is 1. The van der Waals surface area contributed by atoms with Crippen LogP contribution in [0.25, 0.3) is 0 Å². The van der Waals surface area contributed by atoms with Crippen LogP contribution in [0.5, 0.6) is 0 Å². The molecule has 2 nitrogen and oxygen atoms in total. The lowest BCUT2D eigenvalue weighted by Gasteiger charge is -2.00. The van der Waals surface area contributed by atoms with Crippen molar-refractivity contribution < 1.29 is 9.47 Å². The molecule has 0 atom stereocenters. The topological polar surface area (TPSA) is 18.5 Å². The van der Waals surface area contributed by atoms with Gasteiger partial charge in [-0.3, -0.25) is 0 Å². The van der Waals surface area contributed by atoms with Gasteiger partial charge in [0.05, 0.1) is 12.2 Å². The number of hydrogen-bond acceptors (Lipinski definition) is 2. The van der Waals surface area contributed by atoms with E-state index in [4.69, 9.17) is 9.47 Å². The summed E-state index contributed by atoms with van der Waals surface area (Å²) < 4.78 is 9.79. The van der Waals surface area contributed by atoms with Crippen molar-refractivity contribution in [3.8, 4) is 0 Å². The average Bonchev–Trinajstić information content (AvgIpc) is 1.89. The van der Waals surface area contributed by atoms with E-state index in [9.17, 15) is 0 Å². The summed E-state index contributed by atoms with van der Waals surface area (Å²) in [6.45, 7) is 10.9. The Balaban J connectivity index is 0. The number of hydrogen-bond donors (Lipinski definition) is 0. The van der Waals surface area contributed by atoms with E-state index in [2.05, 4.69) is 0 Å². The van der Waals surface area contributed by atoms with Crippen molar-refractivity contribution in [1.29, 1.82) is 0 Å². The molecule has 0 aliphatic heterocycles. The fourth-order valence-corrected chi connectivity index (χ4v) is 0.333. The molecule has 0 radical (unpaired) electrons. The molecule has 0 aromatic rings. The zero-order chi connectivity index (χ0) is 9.28. The molecule has 0 saturated heterocycles. The van der Waals surface area contributed by atoms with Gasteiger partial charge in [-0.1, -0.05) is 0 Å². The van der Waals surface area contributed by atoms with Gasteiger partial charge < -0.3 is 9.47 Å². The van der Waals surface area contributed by atoms with E-state index in [0.29, 0.717) is 12.2 Å². The second-order valence-electron chi connectivity index (χ2n) is 2.79. The highest BCUT2D eigenvalue weighted by Crippen LogP contribution is 1.83. The van der Waals surface area contributed by atoms with Crippen LogP contribution in [0.15, 0.2) is 0 Å². The van der Waals surface area contributed by atoms with Gasteiger partial charge in [0.2, 0.25) is 0 Å². The van der Waals surface area contributed by atoms with Crippen LogP contribution in [-0.4, -0.2) is 25.9 Å². The maximum absolute atomic E-state index is 5.04. The first-order valence-electron chi connectivity index (χ1n) is 4.18. The predicted molar refractivity (Wildman–Crippen MR) is 48.9 cm³/mol. The van der Waals surface area contributed by atoms with Crippen molar-refractivity contribution in [2.24, 2.45) is 0 Å². The molecule has 0 saturated carbocycles. The van der Waals surface area contributed by atoms with E-state index in [0.717, 1.165) is 6.61 Å². The van der Waals surface area contributed by atoms with Gasteiger partial charge in [-0.2, -0.15) is 0 Å².